The van der Waals surface area contributed by atoms with Crippen molar-refractivity contribution in [3.63, 3.8) is 0 Å². The molecule has 0 fully saturated rings. The number of nitrogens with zero attached hydrogens (tertiary/aromatic N) is 2. The smallest absolute Gasteiger partial charge is 0.0701 e. The van der Waals surface area contributed by atoms with Gasteiger partial charge in [-0.3, -0.25) is 9.97 Å². The third-order valence-corrected chi connectivity index (χ3v) is 3.47. The van der Waals surface area contributed by atoms with E-state index in [0.717, 1.165) is 22.5 Å². The number of pyridine rings is 2. The Bertz CT molecular complexity index is 686. The molecule has 4 rings (SSSR count). The Balaban J connectivity index is 0.000000173. The van der Waals surface area contributed by atoms with E-state index in [2.05, 4.69) is 34.2 Å². The second kappa shape index (κ2) is 10.3. The van der Waals surface area contributed by atoms with Gasteiger partial charge in [-0.15, -0.1) is 0 Å². The molecule has 0 aliphatic carbocycles. The van der Waals surface area contributed by atoms with Crippen molar-refractivity contribution in [1.29, 1.82) is 0 Å². The van der Waals surface area contributed by atoms with E-state index >= 15 is 0 Å². The maximum atomic E-state index is 4.25. The molecule has 0 saturated heterocycles. The molecule has 0 spiro atoms. The van der Waals surface area contributed by atoms with Crippen molar-refractivity contribution in [1.82, 2.24) is 9.97 Å². The summed E-state index contributed by atoms with van der Waals surface area (Å²) >= 11 is 0. The van der Waals surface area contributed by atoms with Crippen LogP contribution in [-0.2, 0) is 19.8 Å². The van der Waals surface area contributed by atoms with Crippen molar-refractivity contribution in [3.05, 3.63) is 109 Å². The van der Waals surface area contributed by atoms with Crippen LogP contribution >= 0.6 is 0 Å². The Kier molecular flexibility index (Phi) is 7.70. The molecule has 2 aromatic carbocycles. The largest absolute Gasteiger partial charge is 0.256 e. The van der Waals surface area contributed by atoms with Gasteiger partial charge in [0.1, 0.15) is 0 Å². The van der Waals surface area contributed by atoms with E-state index in [4.69, 9.17) is 0 Å². The molecule has 2 heterocycles. The zero-order valence-electron chi connectivity index (χ0n) is 13.6. The van der Waals surface area contributed by atoms with E-state index in [-0.39, 0.29) is 19.8 Å². The van der Waals surface area contributed by atoms with Crippen LogP contribution in [0.15, 0.2) is 109 Å². The molecule has 0 radical (unpaired) electrons. The van der Waals surface area contributed by atoms with Crippen molar-refractivity contribution < 1.29 is 19.8 Å². The normalized spacial score (nSPS) is 9.28. The molecule has 0 saturated carbocycles. The molecule has 0 amide bonds. The first-order chi connectivity index (χ1) is 11.9. The van der Waals surface area contributed by atoms with Gasteiger partial charge in [0.2, 0.25) is 0 Å². The van der Waals surface area contributed by atoms with Gasteiger partial charge in [-0.1, -0.05) is 72.8 Å². The molecule has 0 bridgehead atoms. The molecule has 0 aliphatic heterocycles. The summed E-state index contributed by atoms with van der Waals surface area (Å²) in [5, 5.41) is 0. The van der Waals surface area contributed by atoms with Gasteiger partial charge in [0.05, 0.1) is 11.4 Å². The van der Waals surface area contributed by atoms with Crippen LogP contribution in [0.2, 0.25) is 0 Å². The van der Waals surface area contributed by atoms with Crippen LogP contribution in [0, 0.1) is 0 Å². The van der Waals surface area contributed by atoms with Crippen LogP contribution in [0.3, 0.4) is 0 Å². The molecule has 2 aromatic heterocycles. The third kappa shape index (κ3) is 5.74. The summed E-state index contributed by atoms with van der Waals surface area (Å²) in [6.07, 6.45) is 3.62. The van der Waals surface area contributed by atoms with Crippen LogP contribution in [0.4, 0.5) is 0 Å². The first kappa shape index (κ1) is 18.7. The Morgan fingerprint density at radius 3 is 1.08 bits per heavy atom. The van der Waals surface area contributed by atoms with E-state index < -0.39 is 0 Å². The minimum absolute atomic E-state index is 0. The third-order valence-electron chi connectivity index (χ3n) is 3.47. The van der Waals surface area contributed by atoms with Crippen molar-refractivity contribution in [2.45, 2.75) is 0 Å². The Morgan fingerprint density at radius 2 is 0.760 bits per heavy atom. The van der Waals surface area contributed by atoms with Crippen LogP contribution < -0.4 is 0 Å². The minimum Gasteiger partial charge on any atom is -0.256 e. The van der Waals surface area contributed by atoms with Crippen LogP contribution in [-0.4, -0.2) is 9.97 Å². The first-order valence-corrected chi connectivity index (χ1v) is 7.86. The fourth-order valence-electron chi connectivity index (χ4n) is 2.28. The van der Waals surface area contributed by atoms with Gasteiger partial charge in [-0.25, -0.2) is 0 Å². The maximum Gasteiger partial charge on any atom is 0.0701 e. The molecule has 0 atom stereocenters. The molecule has 0 N–H and O–H groups in total. The Labute approximate surface area is 161 Å². The number of aromatic nitrogens is 2. The quantitative estimate of drug-likeness (QED) is 0.364. The fraction of sp³-hybridized carbons (Fsp3) is 0. The summed E-state index contributed by atoms with van der Waals surface area (Å²) in [5.41, 5.74) is 4.38. The van der Waals surface area contributed by atoms with E-state index in [1.807, 2.05) is 85.2 Å². The van der Waals surface area contributed by atoms with Gasteiger partial charge >= 0.3 is 0 Å². The molecular formula is C22H18N2Os. The van der Waals surface area contributed by atoms with Crippen molar-refractivity contribution >= 4 is 0 Å². The predicted octanol–water partition coefficient (Wildman–Crippen LogP) is 5.49. The SMILES string of the molecule is [Os].c1ccc(-c2ccccn2)cc1.c1ccc(-c2ccccn2)cc1. The fourth-order valence-corrected chi connectivity index (χ4v) is 2.28. The van der Waals surface area contributed by atoms with E-state index in [1.54, 1.807) is 0 Å². The number of rotatable bonds is 2. The van der Waals surface area contributed by atoms with Crippen molar-refractivity contribution in [2.24, 2.45) is 0 Å². The summed E-state index contributed by atoms with van der Waals surface area (Å²) in [6.45, 7) is 0. The van der Waals surface area contributed by atoms with Crippen LogP contribution in [0.1, 0.15) is 0 Å². The van der Waals surface area contributed by atoms with Gasteiger partial charge in [-0.05, 0) is 24.3 Å². The molecule has 0 unspecified atom stereocenters. The molecule has 3 heteroatoms. The zero-order valence-corrected chi connectivity index (χ0v) is 16.2. The number of benzene rings is 2. The monoisotopic (exact) mass is 502 g/mol. The number of hydrogen-bond donors (Lipinski definition) is 0. The van der Waals surface area contributed by atoms with E-state index in [1.165, 1.54) is 0 Å². The van der Waals surface area contributed by atoms with Gasteiger partial charge in [-0.2, -0.15) is 0 Å². The standard InChI is InChI=1S/2C11H9N.Os/c2*1-2-6-10(7-3-1)11-8-4-5-9-12-11;/h2*1-9H;. The molecule has 25 heavy (non-hydrogen) atoms. The van der Waals surface area contributed by atoms with E-state index in [0.29, 0.717) is 0 Å². The van der Waals surface area contributed by atoms with Crippen LogP contribution in [0.25, 0.3) is 22.5 Å². The van der Waals surface area contributed by atoms with Crippen LogP contribution in [0.5, 0.6) is 0 Å². The summed E-state index contributed by atoms with van der Waals surface area (Å²) in [4.78, 5) is 8.50. The Hall–Kier alpha value is -2.62. The number of hydrogen-bond acceptors (Lipinski definition) is 2. The summed E-state index contributed by atoms with van der Waals surface area (Å²) in [5.74, 6) is 0. The summed E-state index contributed by atoms with van der Waals surface area (Å²) in [6, 6.07) is 32.2. The van der Waals surface area contributed by atoms with Crippen molar-refractivity contribution in [2.75, 3.05) is 0 Å². The topological polar surface area (TPSA) is 25.8 Å². The van der Waals surface area contributed by atoms with Gasteiger partial charge in [0.25, 0.3) is 0 Å². The van der Waals surface area contributed by atoms with Gasteiger partial charge in [0, 0.05) is 43.3 Å². The Morgan fingerprint density at radius 1 is 0.400 bits per heavy atom. The molecular weight excluding hydrogens is 482 g/mol. The maximum absolute atomic E-state index is 4.25. The summed E-state index contributed by atoms with van der Waals surface area (Å²) < 4.78 is 0. The average Bonchev–Trinajstić information content (AvgIpc) is 2.71. The van der Waals surface area contributed by atoms with Gasteiger partial charge in [0.15, 0.2) is 0 Å². The zero-order chi connectivity index (χ0) is 16.5. The molecule has 0 aliphatic rings. The van der Waals surface area contributed by atoms with Gasteiger partial charge < -0.3 is 0 Å². The molecule has 2 nitrogen and oxygen atoms in total. The van der Waals surface area contributed by atoms with E-state index in [9.17, 15) is 0 Å². The second-order valence-electron chi connectivity index (χ2n) is 5.16. The minimum atomic E-state index is 0. The first-order valence-electron chi connectivity index (χ1n) is 7.86. The summed E-state index contributed by atoms with van der Waals surface area (Å²) in [7, 11) is 0. The average molecular weight is 501 g/mol. The molecule has 124 valence electrons. The van der Waals surface area contributed by atoms with Crippen molar-refractivity contribution in [3.8, 4) is 22.5 Å². The molecule has 4 aromatic rings. The predicted molar refractivity (Wildman–Crippen MR) is 99.3 cm³/mol. The second-order valence-corrected chi connectivity index (χ2v) is 5.16.